The number of allylic oxidation sites excluding steroid dienone is 1. The van der Waals surface area contributed by atoms with Crippen molar-refractivity contribution in [3.63, 3.8) is 0 Å². The molecule has 1 rings (SSSR count). The molecule has 0 aromatic carbocycles. The quantitative estimate of drug-likeness (QED) is 0.388. The Labute approximate surface area is 85.0 Å². The van der Waals surface area contributed by atoms with Crippen molar-refractivity contribution in [2.45, 2.75) is 19.8 Å². The summed E-state index contributed by atoms with van der Waals surface area (Å²) in [5.74, 6) is -0.283. The molecule has 1 aliphatic heterocycles. The summed E-state index contributed by atoms with van der Waals surface area (Å²) in [6, 6.07) is 0. The molecular formula is C11H17NO2. The van der Waals surface area contributed by atoms with E-state index in [2.05, 4.69) is 11.5 Å². The lowest BCUT2D eigenvalue weighted by Gasteiger charge is -2.17. The minimum atomic E-state index is -0.283. The van der Waals surface area contributed by atoms with Crippen LogP contribution in [0.15, 0.2) is 24.4 Å². The van der Waals surface area contributed by atoms with Crippen molar-refractivity contribution in [2.24, 2.45) is 0 Å². The van der Waals surface area contributed by atoms with Crippen LogP contribution in [0.3, 0.4) is 0 Å². The van der Waals surface area contributed by atoms with Gasteiger partial charge in [-0.3, -0.25) is 0 Å². The van der Waals surface area contributed by atoms with Gasteiger partial charge in [0, 0.05) is 24.9 Å². The van der Waals surface area contributed by atoms with Crippen molar-refractivity contribution in [1.29, 1.82) is 0 Å². The maximum Gasteiger partial charge on any atom is 0.332 e. The molecule has 0 unspecified atom stereocenters. The molecule has 0 saturated carbocycles. The smallest absolute Gasteiger partial charge is 0.332 e. The van der Waals surface area contributed by atoms with Crippen LogP contribution >= 0.6 is 0 Å². The van der Waals surface area contributed by atoms with Crippen molar-refractivity contribution in [3.8, 4) is 0 Å². The van der Waals surface area contributed by atoms with Crippen LogP contribution in [-0.2, 0) is 9.53 Å². The third-order valence-electron chi connectivity index (χ3n) is 2.28. The van der Waals surface area contributed by atoms with E-state index in [1.54, 1.807) is 12.2 Å². The maximum atomic E-state index is 11.2. The molecule has 0 aliphatic carbocycles. The van der Waals surface area contributed by atoms with Gasteiger partial charge in [0.25, 0.3) is 0 Å². The van der Waals surface area contributed by atoms with Gasteiger partial charge in [0.15, 0.2) is 0 Å². The Bertz CT molecular complexity index is 240. The van der Waals surface area contributed by atoms with E-state index in [1.807, 2.05) is 6.92 Å². The summed E-state index contributed by atoms with van der Waals surface area (Å²) in [6.07, 6.45) is 5.55. The molecule has 0 bridgehead atoms. The van der Waals surface area contributed by atoms with E-state index in [9.17, 15) is 4.79 Å². The summed E-state index contributed by atoms with van der Waals surface area (Å²) >= 11 is 0. The Balaban J connectivity index is 2.40. The number of rotatable bonds is 4. The zero-order valence-corrected chi connectivity index (χ0v) is 8.66. The van der Waals surface area contributed by atoms with E-state index in [0.717, 1.165) is 18.8 Å². The summed E-state index contributed by atoms with van der Waals surface area (Å²) < 4.78 is 4.86. The summed E-state index contributed by atoms with van der Waals surface area (Å²) in [5, 5.41) is 0. The number of ether oxygens (including phenoxy) is 1. The van der Waals surface area contributed by atoms with E-state index in [4.69, 9.17) is 4.74 Å². The van der Waals surface area contributed by atoms with Crippen molar-refractivity contribution < 1.29 is 9.53 Å². The molecule has 0 radical (unpaired) electrons. The van der Waals surface area contributed by atoms with Gasteiger partial charge < -0.3 is 9.64 Å². The van der Waals surface area contributed by atoms with Gasteiger partial charge in [-0.25, -0.2) is 4.79 Å². The fourth-order valence-corrected chi connectivity index (χ4v) is 1.51. The molecule has 78 valence electrons. The van der Waals surface area contributed by atoms with E-state index in [-0.39, 0.29) is 12.6 Å². The first-order valence-corrected chi connectivity index (χ1v) is 4.95. The van der Waals surface area contributed by atoms with Crippen LogP contribution in [0.2, 0.25) is 0 Å². The normalized spacial score (nSPS) is 16.9. The first-order valence-electron chi connectivity index (χ1n) is 4.95. The Hall–Kier alpha value is -1.25. The second kappa shape index (κ2) is 5.47. The Morgan fingerprint density at radius 1 is 1.50 bits per heavy atom. The average molecular weight is 195 g/mol. The highest BCUT2D eigenvalue weighted by molar-refractivity contribution is 5.82. The van der Waals surface area contributed by atoms with E-state index in [0.29, 0.717) is 0 Å². The molecule has 0 N–H and O–H groups in total. The van der Waals surface area contributed by atoms with Crippen LogP contribution in [0.4, 0.5) is 0 Å². The molecule has 1 heterocycles. The average Bonchev–Trinajstić information content (AvgIpc) is 2.67. The van der Waals surface area contributed by atoms with E-state index < -0.39 is 0 Å². The summed E-state index contributed by atoms with van der Waals surface area (Å²) in [6.45, 7) is 7.81. The van der Waals surface area contributed by atoms with Gasteiger partial charge in [-0.1, -0.05) is 12.7 Å². The third kappa shape index (κ3) is 3.24. The predicted octanol–water partition coefficient (Wildman–Crippen LogP) is 1.72. The first-order chi connectivity index (χ1) is 6.74. The largest absolute Gasteiger partial charge is 0.458 e. The highest BCUT2D eigenvalue weighted by atomic mass is 16.5. The number of hydrogen-bond donors (Lipinski definition) is 0. The molecule has 0 aromatic rings. The second-order valence-electron chi connectivity index (χ2n) is 3.40. The number of hydrogen-bond acceptors (Lipinski definition) is 3. The highest BCUT2D eigenvalue weighted by Crippen LogP contribution is 2.13. The van der Waals surface area contributed by atoms with Gasteiger partial charge >= 0.3 is 5.97 Å². The minimum Gasteiger partial charge on any atom is -0.458 e. The SMILES string of the molecule is C=CCOC(=O)/C=C(/C)N1CCCC1. The van der Waals surface area contributed by atoms with Crippen LogP contribution in [-0.4, -0.2) is 30.6 Å². The lowest BCUT2D eigenvalue weighted by atomic mass is 10.4. The fourth-order valence-electron chi connectivity index (χ4n) is 1.51. The van der Waals surface area contributed by atoms with Gasteiger partial charge in [-0.15, -0.1) is 0 Å². The molecule has 14 heavy (non-hydrogen) atoms. The lowest BCUT2D eigenvalue weighted by Crippen LogP contribution is -2.18. The topological polar surface area (TPSA) is 29.5 Å². The number of esters is 1. The number of carbonyl (C=O) groups excluding carboxylic acids is 1. The molecular weight excluding hydrogens is 178 g/mol. The van der Waals surface area contributed by atoms with E-state index in [1.165, 1.54) is 12.8 Å². The molecule has 1 saturated heterocycles. The van der Waals surface area contributed by atoms with Crippen LogP contribution in [0.5, 0.6) is 0 Å². The second-order valence-corrected chi connectivity index (χ2v) is 3.40. The zero-order valence-electron chi connectivity index (χ0n) is 8.66. The molecule has 1 fully saturated rings. The monoisotopic (exact) mass is 195 g/mol. The molecule has 0 spiro atoms. The molecule has 3 heteroatoms. The van der Waals surface area contributed by atoms with Gasteiger partial charge in [-0.2, -0.15) is 0 Å². The predicted molar refractivity (Wildman–Crippen MR) is 55.7 cm³/mol. The maximum absolute atomic E-state index is 11.2. The number of nitrogens with zero attached hydrogens (tertiary/aromatic N) is 1. The molecule has 1 aliphatic rings. The standard InChI is InChI=1S/C11H17NO2/c1-3-8-14-11(13)9-10(2)12-6-4-5-7-12/h3,9H,1,4-8H2,2H3/b10-9-. The van der Waals surface area contributed by atoms with E-state index >= 15 is 0 Å². The summed E-state index contributed by atoms with van der Waals surface area (Å²) in [4.78, 5) is 13.4. The van der Waals surface area contributed by atoms with Gasteiger partial charge in [0.05, 0.1) is 0 Å². The van der Waals surface area contributed by atoms with Crippen molar-refractivity contribution >= 4 is 5.97 Å². The van der Waals surface area contributed by atoms with Crippen LogP contribution in [0.1, 0.15) is 19.8 Å². The van der Waals surface area contributed by atoms with Gasteiger partial charge in [-0.05, 0) is 19.8 Å². The van der Waals surface area contributed by atoms with Crippen LogP contribution in [0.25, 0.3) is 0 Å². The lowest BCUT2D eigenvalue weighted by molar-refractivity contribution is -0.136. The van der Waals surface area contributed by atoms with Crippen molar-refractivity contribution in [3.05, 3.63) is 24.4 Å². The Kier molecular flexibility index (Phi) is 4.23. The molecule has 0 atom stereocenters. The van der Waals surface area contributed by atoms with Gasteiger partial charge in [0.1, 0.15) is 6.61 Å². The molecule has 0 aromatic heterocycles. The first kappa shape index (κ1) is 10.8. The van der Waals surface area contributed by atoms with Gasteiger partial charge in [0.2, 0.25) is 0 Å². The Morgan fingerprint density at radius 2 is 2.14 bits per heavy atom. The number of carbonyl (C=O) groups is 1. The zero-order chi connectivity index (χ0) is 10.4. The minimum absolute atomic E-state index is 0.280. The van der Waals surface area contributed by atoms with Crippen molar-refractivity contribution in [2.75, 3.05) is 19.7 Å². The number of likely N-dealkylation sites (tertiary alicyclic amines) is 1. The summed E-state index contributed by atoms with van der Waals surface area (Å²) in [5.41, 5.74) is 0.997. The molecule has 3 nitrogen and oxygen atoms in total. The fraction of sp³-hybridized carbons (Fsp3) is 0.545. The third-order valence-corrected chi connectivity index (χ3v) is 2.28. The van der Waals surface area contributed by atoms with Crippen molar-refractivity contribution in [1.82, 2.24) is 4.90 Å². The van der Waals surface area contributed by atoms with Crippen LogP contribution < -0.4 is 0 Å². The van der Waals surface area contributed by atoms with Crippen LogP contribution in [0, 0.1) is 0 Å². The Morgan fingerprint density at radius 3 is 2.71 bits per heavy atom. The highest BCUT2D eigenvalue weighted by Gasteiger charge is 2.12. The molecule has 0 amide bonds. The summed E-state index contributed by atoms with van der Waals surface area (Å²) in [7, 11) is 0.